The Hall–Kier alpha value is -2.50. The molecule has 3 rings (SSSR count). The van der Waals surface area contributed by atoms with Crippen molar-refractivity contribution in [3.63, 3.8) is 0 Å². The van der Waals surface area contributed by atoms with Gasteiger partial charge in [0.15, 0.2) is 5.76 Å². The van der Waals surface area contributed by atoms with Gasteiger partial charge in [-0.25, -0.2) is 0 Å². The number of nitrogens with two attached hydrogens (primary N) is 1. The van der Waals surface area contributed by atoms with Crippen LogP contribution in [0.1, 0.15) is 36.6 Å². The summed E-state index contributed by atoms with van der Waals surface area (Å²) in [5, 5.41) is 2.29. The Morgan fingerprint density at radius 3 is 2.55 bits per heavy atom. The maximum atomic E-state index is 12.5. The lowest BCUT2D eigenvalue weighted by Gasteiger charge is -2.20. The number of halogens is 1. The predicted molar refractivity (Wildman–Crippen MR) is 119 cm³/mol. The molecule has 1 unspecified atom stereocenters. The quantitative estimate of drug-likeness (QED) is 0.568. The Labute approximate surface area is 178 Å². The number of carbonyl (C=O) groups excluding carboxylic acids is 1. The van der Waals surface area contributed by atoms with E-state index in [4.69, 9.17) is 14.9 Å². The average Bonchev–Trinajstić information content (AvgIpc) is 3.18. The molecule has 0 aliphatic heterocycles. The van der Waals surface area contributed by atoms with Gasteiger partial charge < -0.3 is 19.8 Å². The highest BCUT2D eigenvalue weighted by atomic mass is 35.5. The Bertz CT molecular complexity index is 939. The number of benzene rings is 2. The Morgan fingerprint density at radius 1 is 1.10 bits per heavy atom. The van der Waals surface area contributed by atoms with Gasteiger partial charge in [-0.1, -0.05) is 44.2 Å². The summed E-state index contributed by atoms with van der Waals surface area (Å²) in [7, 11) is 1.77. The fourth-order valence-electron chi connectivity index (χ4n) is 2.95. The third kappa shape index (κ3) is 5.99. The van der Waals surface area contributed by atoms with E-state index >= 15 is 0 Å². The number of ether oxygens (including phenoxy) is 1. The van der Waals surface area contributed by atoms with Crippen LogP contribution in [-0.4, -0.2) is 30.4 Å². The molecule has 2 N–H and O–H groups in total. The smallest absolute Gasteiger partial charge is 0.289 e. The number of hydrogen-bond acceptors (Lipinski definition) is 4. The van der Waals surface area contributed by atoms with E-state index in [0.717, 1.165) is 17.6 Å². The lowest BCUT2D eigenvalue weighted by atomic mass is 10.0. The van der Waals surface area contributed by atoms with Crippen molar-refractivity contribution in [3.8, 4) is 5.75 Å². The molecule has 3 aromatic rings. The number of furan rings is 1. The normalized spacial score (nSPS) is 11.9. The number of nitrogens with zero attached hydrogens (tertiary/aromatic N) is 1. The number of amides is 1. The monoisotopic (exact) mass is 416 g/mol. The van der Waals surface area contributed by atoms with Gasteiger partial charge in [0.25, 0.3) is 5.91 Å². The summed E-state index contributed by atoms with van der Waals surface area (Å²) >= 11 is 0. The molecule has 0 aliphatic rings. The fraction of sp³-hybridized carbons (Fsp3) is 0.348. The van der Waals surface area contributed by atoms with E-state index < -0.39 is 0 Å². The van der Waals surface area contributed by atoms with E-state index in [1.807, 2.05) is 36.4 Å². The topological polar surface area (TPSA) is 68.7 Å². The second-order valence-corrected chi connectivity index (χ2v) is 7.49. The lowest BCUT2D eigenvalue weighted by molar-refractivity contribution is 0.0753. The summed E-state index contributed by atoms with van der Waals surface area (Å²) in [5.74, 6) is 1.95. The molecular formula is C23H29ClN2O3. The first-order chi connectivity index (χ1) is 13.4. The van der Waals surface area contributed by atoms with Gasteiger partial charge in [-0.2, -0.15) is 0 Å². The first-order valence-electron chi connectivity index (χ1n) is 9.65. The van der Waals surface area contributed by atoms with E-state index in [1.54, 1.807) is 24.1 Å². The summed E-state index contributed by atoms with van der Waals surface area (Å²) < 4.78 is 11.5. The molecule has 5 nitrogen and oxygen atoms in total. The maximum Gasteiger partial charge on any atom is 0.289 e. The molecule has 0 bridgehead atoms. The van der Waals surface area contributed by atoms with Crippen LogP contribution in [0, 0.1) is 5.92 Å². The van der Waals surface area contributed by atoms with Crippen molar-refractivity contribution < 1.29 is 13.9 Å². The predicted octanol–water partition coefficient (Wildman–Crippen LogP) is 4.88. The summed E-state index contributed by atoms with van der Waals surface area (Å²) in [5.41, 5.74) is 6.06. The van der Waals surface area contributed by atoms with Gasteiger partial charge in [0.1, 0.15) is 18.1 Å². The third-order valence-electron chi connectivity index (χ3n) is 4.98. The van der Waals surface area contributed by atoms with Crippen LogP contribution in [0.5, 0.6) is 5.75 Å². The van der Waals surface area contributed by atoms with Crippen LogP contribution < -0.4 is 10.5 Å². The molecule has 0 radical (unpaired) electrons. The number of hydrogen-bond donors (Lipinski definition) is 1. The lowest BCUT2D eigenvalue weighted by Crippen LogP contribution is -2.34. The summed E-state index contributed by atoms with van der Waals surface area (Å²) in [6.07, 6.45) is 0.762. The molecule has 0 saturated heterocycles. The molecule has 156 valence electrons. The number of carbonyl (C=O) groups is 1. The minimum atomic E-state index is -0.145. The summed E-state index contributed by atoms with van der Waals surface area (Å²) in [6.45, 7) is 5.04. The van der Waals surface area contributed by atoms with Crippen molar-refractivity contribution in [2.75, 3.05) is 13.6 Å². The van der Waals surface area contributed by atoms with Crippen LogP contribution in [0.25, 0.3) is 10.8 Å². The first-order valence-corrected chi connectivity index (χ1v) is 9.65. The van der Waals surface area contributed by atoms with Crippen molar-refractivity contribution in [3.05, 3.63) is 66.1 Å². The molecule has 1 heterocycles. The number of rotatable bonds is 8. The second-order valence-electron chi connectivity index (χ2n) is 7.49. The second kappa shape index (κ2) is 10.3. The van der Waals surface area contributed by atoms with Gasteiger partial charge in [-0.15, -0.1) is 12.4 Å². The zero-order valence-electron chi connectivity index (χ0n) is 17.1. The average molecular weight is 417 g/mol. The largest absolute Gasteiger partial charge is 0.486 e. The third-order valence-corrected chi connectivity index (χ3v) is 4.98. The van der Waals surface area contributed by atoms with Gasteiger partial charge in [0.05, 0.1) is 0 Å². The van der Waals surface area contributed by atoms with Crippen LogP contribution in [0.3, 0.4) is 0 Å². The van der Waals surface area contributed by atoms with Crippen LogP contribution in [0.2, 0.25) is 0 Å². The minimum absolute atomic E-state index is 0. The highest BCUT2D eigenvalue weighted by Gasteiger charge is 2.18. The van der Waals surface area contributed by atoms with Crippen molar-refractivity contribution in [2.45, 2.75) is 32.9 Å². The van der Waals surface area contributed by atoms with Crippen LogP contribution in [-0.2, 0) is 6.61 Å². The van der Waals surface area contributed by atoms with E-state index in [9.17, 15) is 4.79 Å². The van der Waals surface area contributed by atoms with E-state index in [2.05, 4.69) is 19.9 Å². The number of fused-ring (bicyclic) bond motifs is 1. The Kier molecular flexibility index (Phi) is 8.11. The Morgan fingerprint density at radius 2 is 1.83 bits per heavy atom. The fourth-order valence-corrected chi connectivity index (χ4v) is 2.95. The zero-order valence-corrected chi connectivity index (χ0v) is 17.9. The molecule has 6 heteroatoms. The maximum absolute atomic E-state index is 12.5. The molecular weight excluding hydrogens is 388 g/mol. The van der Waals surface area contributed by atoms with Crippen molar-refractivity contribution >= 4 is 29.1 Å². The summed E-state index contributed by atoms with van der Waals surface area (Å²) in [4.78, 5) is 14.2. The molecule has 1 aromatic heterocycles. The first kappa shape index (κ1) is 22.8. The summed E-state index contributed by atoms with van der Waals surface area (Å²) in [6, 6.07) is 17.6. The van der Waals surface area contributed by atoms with Gasteiger partial charge in [-0.05, 0) is 47.4 Å². The van der Waals surface area contributed by atoms with Crippen LogP contribution in [0.4, 0.5) is 0 Å². The van der Waals surface area contributed by atoms with Crippen LogP contribution >= 0.6 is 12.4 Å². The van der Waals surface area contributed by atoms with Crippen molar-refractivity contribution in [1.29, 1.82) is 0 Å². The van der Waals surface area contributed by atoms with Crippen molar-refractivity contribution in [1.82, 2.24) is 4.90 Å². The zero-order chi connectivity index (χ0) is 20.1. The van der Waals surface area contributed by atoms with E-state index in [0.29, 0.717) is 24.0 Å². The minimum Gasteiger partial charge on any atom is -0.486 e. The van der Waals surface area contributed by atoms with Gasteiger partial charge in [0, 0.05) is 19.6 Å². The molecule has 0 fully saturated rings. The molecule has 29 heavy (non-hydrogen) atoms. The van der Waals surface area contributed by atoms with Gasteiger partial charge >= 0.3 is 0 Å². The van der Waals surface area contributed by atoms with Crippen LogP contribution in [0.15, 0.2) is 59.0 Å². The van der Waals surface area contributed by atoms with E-state index in [1.165, 1.54) is 5.39 Å². The highest BCUT2D eigenvalue weighted by molar-refractivity contribution is 5.91. The molecule has 2 aromatic carbocycles. The van der Waals surface area contributed by atoms with E-state index in [-0.39, 0.29) is 31.0 Å². The molecule has 1 amide bonds. The molecule has 0 spiro atoms. The standard InChI is InChI=1S/C23H28N2O3.ClH/c1-16(2)21(24)12-13-25(3)23(26)22-11-10-20(28-22)15-27-19-9-8-17-6-4-5-7-18(17)14-19;/h4-11,14,16,21H,12-13,15,24H2,1-3H3;1H. The SMILES string of the molecule is CC(C)C(N)CCN(C)C(=O)c1ccc(COc2ccc3ccccc3c2)o1.Cl. The molecule has 1 atom stereocenters. The molecule has 0 aliphatic carbocycles. The highest BCUT2D eigenvalue weighted by Crippen LogP contribution is 2.22. The van der Waals surface area contributed by atoms with Crippen molar-refractivity contribution in [2.24, 2.45) is 11.7 Å². The molecule has 0 saturated carbocycles. The van der Waals surface area contributed by atoms with Gasteiger partial charge in [-0.3, -0.25) is 4.79 Å². The van der Waals surface area contributed by atoms with Gasteiger partial charge in [0.2, 0.25) is 0 Å². The Balaban J connectivity index is 0.00000300.